The predicted molar refractivity (Wildman–Crippen MR) is 77.8 cm³/mol. The topological polar surface area (TPSA) is 68.0 Å². The van der Waals surface area contributed by atoms with Crippen molar-refractivity contribution in [1.29, 1.82) is 0 Å². The van der Waals surface area contributed by atoms with Crippen molar-refractivity contribution in [3.8, 4) is 0 Å². The van der Waals surface area contributed by atoms with Gasteiger partial charge in [0, 0.05) is 11.6 Å². The van der Waals surface area contributed by atoms with E-state index in [-0.39, 0.29) is 11.8 Å². The molecule has 0 aliphatic rings. The van der Waals surface area contributed by atoms with E-state index in [2.05, 4.69) is 10.3 Å². The van der Waals surface area contributed by atoms with Crippen LogP contribution in [0.1, 0.15) is 20.3 Å². The Balaban J connectivity index is 2.24. The SMILES string of the molecule is CCC(C)[C@H](N)C(=O)Nc1cccc2cccnc12. The summed E-state index contributed by atoms with van der Waals surface area (Å²) in [6.07, 6.45) is 2.59. The van der Waals surface area contributed by atoms with E-state index in [9.17, 15) is 4.79 Å². The van der Waals surface area contributed by atoms with Gasteiger partial charge in [0.05, 0.1) is 17.2 Å². The van der Waals surface area contributed by atoms with Crippen molar-refractivity contribution in [2.75, 3.05) is 5.32 Å². The molecule has 4 nitrogen and oxygen atoms in total. The molecule has 2 atom stereocenters. The molecule has 1 amide bonds. The Hall–Kier alpha value is -1.94. The molecule has 0 spiro atoms. The first kappa shape index (κ1) is 13.5. The van der Waals surface area contributed by atoms with Gasteiger partial charge in [-0.05, 0) is 18.1 Å². The molecule has 1 aromatic heterocycles. The maximum Gasteiger partial charge on any atom is 0.241 e. The minimum atomic E-state index is -0.496. The van der Waals surface area contributed by atoms with E-state index in [1.807, 2.05) is 44.2 Å². The van der Waals surface area contributed by atoms with Gasteiger partial charge in [-0.25, -0.2) is 0 Å². The second-order valence-corrected chi connectivity index (χ2v) is 4.78. The van der Waals surface area contributed by atoms with Gasteiger partial charge in [-0.1, -0.05) is 38.5 Å². The molecule has 1 heterocycles. The fraction of sp³-hybridized carbons (Fsp3) is 0.333. The summed E-state index contributed by atoms with van der Waals surface area (Å²) in [4.78, 5) is 16.4. The summed E-state index contributed by atoms with van der Waals surface area (Å²) >= 11 is 0. The van der Waals surface area contributed by atoms with E-state index < -0.39 is 6.04 Å². The number of aromatic nitrogens is 1. The molecule has 0 saturated carbocycles. The number of pyridine rings is 1. The molecule has 0 bridgehead atoms. The van der Waals surface area contributed by atoms with Crippen LogP contribution in [0.4, 0.5) is 5.69 Å². The number of carbonyl (C=O) groups excluding carboxylic acids is 1. The summed E-state index contributed by atoms with van der Waals surface area (Å²) in [6, 6.07) is 9.05. The van der Waals surface area contributed by atoms with Gasteiger partial charge in [-0.15, -0.1) is 0 Å². The summed E-state index contributed by atoms with van der Waals surface area (Å²) in [5.74, 6) is -0.00422. The molecule has 19 heavy (non-hydrogen) atoms. The molecule has 3 N–H and O–H groups in total. The van der Waals surface area contributed by atoms with Crippen molar-refractivity contribution >= 4 is 22.5 Å². The number of nitrogens with zero attached hydrogens (tertiary/aromatic N) is 1. The number of nitrogens with one attached hydrogen (secondary N) is 1. The van der Waals surface area contributed by atoms with Gasteiger partial charge in [-0.2, -0.15) is 0 Å². The summed E-state index contributed by atoms with van der Waals surface area (Å²) in [5, 5.41) is 3.87. The maximum atomic E-state index is 12.1. The number of para-hydroxylation sites is 1. The van der Waals surface area contributed by atoms with Crippen molar-refractivity contribution < 1.29 is 4.79 Å². The number of anilines is 1. The van der Waals surface area contributed by atoms with Gasteiger partial charge in [0.15, 0.2) is 0 Å². The van der Waals surface area contributed by atoms with Gasteiger partial charge in [0.2, 0.25) is 5.91 Å². The smallest absolute Gasteiger partial charge is 0.241 e. The van der Waals surface area contributed by atoms with Gasteiger partial charge in [0.25, 0.3) is 0 Å². The summed E-state index contributed by atoms with van der Waals surface area (Å²) in [6.45, 7) is 4.00. The lowest BCUT2D eigenvalue weighted by Gasteiger charge is -2.18. The quantitative estimate of drug-likeness (QED) is 0.884. The molecule has 4 heteroatoms. The standard InChI is InChI=1S/C15H19N3O/c1-3-10(2)13(16)15(19)18-12-8-4-6-11-7-5-9-17-14(11)12/h4-10,13H,3,16H2,1-2H3,(H,18,19)/t10?,13-/m0/s1. The van der Waals surface area contributed by atoms with Crippen LogP contribution in [0.25, 0.3) is 10.9 Å². The Bertz CT molecular complexity index is 577. The molecule has 1 aromatic carbocycles. The predicted octanol–water partition coefficient (Wildman–Crippen LogP) is 2.55. The van der Waals surface area contributed by atoms with Crippen molar-refractivity contribution in [3.63, 3.8) is 0 Å². The first-order chi connectivity index (χ1) is 9.13. The number of rotatable bonds is 4. The summed E-state index contributed by atoms with van der Waals surface area (Å²) < 4.78 is 0. The molecule has 0 fully saturated rings. The van der Waals surface area contributed by atoms with Crippen LogP contribution in [-0.2, 0) is 4.79 Å². The number of carbonyl (C=O) groups is 1. The normalized spacial score (nSPS) is 14.1. The van der Waals surface area contributed by atoms with Gasteiger partial charge in [-0.3, -0.25) is 9.78 Å². The lowest BCUT2D eigenvalue weighted by molar-refractivity contribution is -0.118. The number of fused-ring (bicyclic) bond motifs is 1. The second-order valence-electron chi connectivity index (χ2n) is 4.78. The van der Waals surface area contributed by atoms with Crippen molar-refractivity contribution in [2.24, 2.45) is 11.7 Å². The van der Waals surface area contributed by atoms with Gasteiger partial charge >= 0.3 is 0 Å². The number of benzene rings is 1. The Morgan fingerprint density at radius 2 is 2.11 bits per heavy atom. The van der Waals surface area contributed by atoms with Crippen molar-refractivity contribution in [3.05, 3.63) is 36.5 Å². The minimum absolute atomic E-state index is 0.155. The molecular weight excluding hydrogens is 238 g/mol. The molecule has 0 saturated heterocycles. The van der Waals surface area contributed by atoms with Crippen LogP contribution in [-0.4, -0.2) is 16.9 Å². The second kappa shape index (κ2) is 5.80. The van der Waals surface area contributed by atoms with E-state index in [1.54, 1.807) is 6.20 Å². The van der Waals surface area contributed by atoms with E-state index in [1.165, 1.54) is 0 Å². The van der Waals surface area contributed by atoms with Crippen LogP contribution in [0.3, 0.4) is 0 Å². The lowest BCUT2D eigenvalue weighted by atomic mass is 9.99. The summed E-state index contributed by atoms with van der Waals surface area (Å²) in [7, 11) is 0. The van der Waals surface area contributed by atoms with E-state index >= 15 is 0 Å². The minimum Gasteiger partial charge on any atom is -0.323 e. The number of hydrogen-bond donors (Lipinski definition) is 2. The van der Waals surface area contributed by atoms with Crippen LogP contribution in [0, 0.1) is 5.92 Å². The van der Waals surface area contributed by atoms with Gasteiger partial charge < -0.3 is 11.1 Å². The molecule has 1 unspecified atom stereocenters. The highest BCUT2D eigenvalue weighted by atomic mass is 16.2. The van der Waals surface area contributed by atoms with Crippen LogP contribution in [0.2, 0.25) is 0 Å². The van der Waals surface area contributed by atoms with Crippen LogP contribution in [0.15, 0.2) is 36.5 Å². The van der Waals surface area contributed by atoms with Crippen molar-refractivity contribution in [1.82, 2.24) is 4.98 Å². The average molecular weight is 257 g/mol. The van der Waals surface area contributed by atoms with Crippen LogP contribution < -0.4 is 11.1 Å². The van der Waals surface area contributed by atoms with Crippen LogP contribution >= 0.6 is 0 Å². The highest BCUT2D eigenvalue weighted by Crippen LogP contribution is 2.21. The molecule has 0 radical (unpaired) electrons. The molecular formula is C15H19N3O. The number of hydrogen-bond acceptors (Lipinski definition) is 3. The highest BCUT2D eigenvalue weighted by Gasteiger charge is 2.20. The third-order valence-corrected chi connectivity index (χ3v) is 3.45. The Morgan fingerprint density at radius 1 is 1.37 bits per heavy atom. The van der Waals surface area contributed by atoms with E-state index in [0.29, 0.717) is 5.69 Å². The summed E-state index contributed by atoms with van der Waals surface area (Å²) in [5.41, 5.74) is 7.43. The Morgan fingerprint density at radius 3 is 2.84 bits per heavy atom. The fourth-order valence-electron chi connectivity index (χ4n) is 1.93. The first-order valence-corrected chi connectivity index (χ1v) is 6.53. The lowest BCUT2D eigenvalue weighted by Crippen LogP contribution is -2.40. The maximum absolute atomic E-state index is 12.1. The highest BCUT2D eigenvalue weighted by molar-refractivity contribution is 6.02. The Labute approximate surface area is 113 Å². The zero-order valence-corrected chi connectivity index (χ0v) is 11.3. The molecule has 2 aromatic rings. The first-order valence-electron chi connectivity index (χ1n) is 6.53. The third-order valence-electron chi connectivity index (χ3n) is 3.45. The van der Waals surface area contributed by atoms with E-state index in [0.717, 1.165) is 17.3 Å². The third kappa shape index (κ3) is 2.90. The average Bonchev–Trinajstić information content (AvgIpc) is 2.46. The van der Waals surface area contributed by atoms with E-state index in [4.69, 9.17) is 5.73 Å². The number of amides is 1. The molecule has 100 valence electrons. The molecule has 2 rings (SSSR count). The largest absolute Gasteiger partial charge is 0.323 e. The van der Waals surface area contributed by atoms with Gasteiger partial charge in [0.1, 0.15) is 0 Å². The number of nitrogens with two attached hydrogens (primary N) is 1. The molecule has 0 aliphatic carbocycles. The van der Waals surface area contributed by atoms with Crippen molar-refractivity contribution in [2.45, 2.75) is 26.3 Å². The zero-order valence-electron chi connectivity index (χ0n) is 11.3. The molecule has 0 aliphatic heterocycles. The Kier molecular flexibility index (Phi) is 4.12. The fourth-order valence-corrected chi connectivity index (χ4v) is 1.93. The van der Waals surface area contributed by atoms with Crippen LogP contribution in [0.5, 0.6) is 0 Å². The monoisotopic (exact) mass is 257 g/mol. The zero-order chi connectivity index (χ0) is 13.8.